The zero-order valence-electron chi connectivity index (χ0n) is 11.4. The molecule has 0 saturated carbocycles. The Kier molecular flexibility index (Phi) is 3.51. The van der Waals surface area contributed by atoms with Crippen molar-refractivity contribution in [2.24, 2.45) is 0 Å². The third-order valence-electron chi connectivity index (χ3n) is 2.89. The Hall–Kier alpha value is -2.89. The molecular weight excluding hydrogens is 270 g/mol. The van der Waals surface area contributed by atoms with E-state index in [9.17, 15) is 4.79 Å². The maximum atomic E-state index is 11.9. The van der Waals surface area contributed by atoms with Crippen LogP contribution in [0, 0.1) is 6.92 Å². The fourth-order valence-electron chi connectivity index (χ4n) is 1.88. The summed E-state index contributed by atoms with van der Waals surface area (Å²) in [6.45, 7) is 1.88. The first-order valence-corrected chi connectivity index (χ1v) is 6.42. The van der Waals surface area contributed by atoms with Gasteiger partial charge in [-0.05, 0) is 37.3 Å². The van der Waals surface area contributed by atoms with Gasteiger partial charge in [-0.25, -0.2) is 9.48 Å². The van der Waals surface area contributed by atoms with Gasteiger partial charge in [-0.15, -0.1) is 0 Å². The molecule has 2 aromatic heterocycles. The number of ether oxygens (including phenoxy) is 1. The average Bonchev–Trinajstić information content (AvgIpc) is 3.16. The normalized spacial score (nSPS) is 10.5. The van der Waals surface area contributed by atoms with E-state index < -0.39 is 5.97 Å². The van der Waals surface area contributed by atoms with E-state index in [0.717, 1.165) is 11.4 Å². The summed E-state index contributed by atoms with van der Waals surface area (Å²) in [4.78, 5) is 11.9. The van der Waals surface area contributed by atoms with Gasteiger partial charge >= 0.3 is 5.97 Å². The Balaban J connectivity index is 1.65. The van der Waals surface area contributed by atoms with E-state index in [4.69, 9.17) is 9.26 Å². The molecule has 0 aliphatic rings. The lowest BCUT2D eigenvalue weighted by Crippen LogP contribution is -2.05. The maximum absolute atomic E-state index is 11.9. The fourth-order valence-corrected chi connectivity index (χ4v) is 1.88. The molecule has 0 spiro atoms. The Labute approximate surface area is 120 Å². The predicted octanol–water partition coefficient (Wildman–Crippen LogP) is 2.53. The van der Waals surface area contributed by atoms with Crippen molar-refractivity contribution >= 4 is 5.97 Å². The molecule has 0 aliphatic carbocycles. The molecule has 21 heavy (non-hydrogen) atoms. The van der Waals surface area contributed by atoms with Gasteiger partial charge in [0.25, 0.3) is 0 Å². The lowest BCUT2D eigenvalue weighted by atomic mass is 10.2. The molecule has 0 saturated heterocycles. The van der Waals surface area contributed by atoms with Crippen molar-refractivity contribution in [2.45, 2.75) is 13.5 Å². The summed E-state index contributed by atoms with van der Waals surface area (Å²) in [5.74, 6) is 0.116. The van der Waals surface area contributed by atoms with Crippen molar-refractivity contribution in [1.29, 1.82) is 0 Å². The molecule has 0 bridgehead atoms. The molecule has 0 unspecified atom stereocenters. The number of rotatable bonds is 4. The minimum Gasteiger partial charge on any atom is -0.454 e. The number of carbonyl (C=O) groups is 1. The van der Waals surface area contributed by atoms with Gasteiger partial charge in [0.1, 0.15) is 0 Å². The quantitative estimate of drug-likeness (QED) is 0.688. The Morgan fingerprint density at radius 2 is 2.14 bits per heavy atom. The lowest BCUT2D eigenvalue weighted by molar-refractivity contribution is 0.0437. The van der Waals surface area contributed by atoms with Gasteiger partial charge in [0.05, 0.1) is 16.9 Å². The Bertz CT molecular complexity index is 730. The van der Waals surface area contributed by atoms with Gasteiger partial charge in [0.15, 0.2) is 12.4 Å². The Morgan fingerprint density at radius 3 is 2.76 bits per heavy atom. The molecule has 1 aromatic carbocycles. The third kappa shape index (κ3) is 3.00. The van der Waals surface area contributed by atoms with Crippen molar-refractivity contribution in [3.05, 3.63) is 65.8 Å². The van der Waals surface area contributed by atoms with E-state index in [1.807, 2.05) is 31.3 Å². The van der Waals surface area contributed by atoms with Gasteiger partial charge in [0, 0.05) is 18.5 Å². The minimum atomic E-state index is -0.406. The zero-order valence-corrected chi connectivity index (χ0v) is 11.4. The van der Waals surface area contributed by atoms with Gasteiger partial charge in [-0.1, -0.05) is 5.16 Å². The van der Waals surface area contributed by atoms with E-state index in [2.05, 4.69) is 10.3 Å². The van der Waals surface area contributed by atoms with Gasteiger partial charge in [-0.3, -0.25) is 0 Å². The van der Waals surface area contributed by atoms with Crippen LogP contribution in [0.3, 0.4) is 0 Å². The van der Waals surface area contributed by atoms with Crippen molar-refractivity contribution < 1.29 is 14.1 Å². The fraction of sp³-hybridized carbons (Fsp3) is 0.133. The van der Waals surface area contributed by atoms with Crippen molar-refractivity contribution in [2.75, 3.05) is 0 Å². The van der Waals surface area contributed by atoms with Crippen LogP contribution in [-0.2, 0) is 11.3 Å². The third-order valence-corrected chi connectivity index (χ3v) is 2.89. The number of nitrogens with zero attached hydrogens (tertiary/aromatic N) is 3. The van der Waals surface area contributed by atoms with Crippen LogP contribution in [-0.4, -0.2) is 20.9 Å². The van der Waals surface area contributed by atoms with Crippen molar-refractivity contribution in [3.63, 3.8) is 0 Å². The molecule has 0 fully saturated rings. The van der Waals surface area contributed by atoms with Gasteiger partial charge in [0.2, 0.25) is 0 Å². The first-order valence-electron chi connectivity index (χ1n) is 6.42. The van der Waals surface area contributed by atoms with Crippen molar-refractivity contribution in [1.82, 2.24) is 14.9 Å². The molecule has 6 heteroatoms. The SMILES string of the molecule is Cc1cc(COC(=O)c2ccc(-n3cccn3)cc2)on1. The average molecular weight is 283 g/mol. The van der Waals surface area contributed by atoms with Crippen LogP contribution in [0.1, 0.15) is 21.8 Å². The molecule has 106 valence electrons. The minimum absolute atomic E-state index is 0.0700. The maximum Gasteiger partial charge on any atom is 0.338 e. The lowest BCUT2D eigenvalue weighted by Gasteiger charge is -2.04. The molecule has 3 aromatic rings. The van der Waals surface area contributed by atoms with E-state index >= 15 is 0 Å². The molecule has 2 heterocycles. The Morgan fingerprint density at radius 1 is 1.33 bits per heavy atom. The molecule has 0 radical (unpaired) electrons. The number of aryl methyl sites for hydroxylation is 1. The number of esters is 1. The second kappa shape index (κ2) is 5.62. The van der Waals surface area contributed by atoms with E-state index in [0.29, 0.717) is 11.3 Å². The molecule has 0 amide bonds. The number of aromatic nitrogens is 3. The van der Waals surface area contributed by atoms with Crippen LogP contribution in [0.5, 0.6) is 0 Å². The predicted molar refractivity (Wildman–Crippen MR) is 73.9 cm³/mol. The molecule has 0 atom stereocenters. The molecular formula is C15H13N3O3. The number of hydrogen-bond acceptors (Lipinski definition) is 5. The summed E-state index contributed by atoms with van der Waals surface area (Å²) in [5, 5.41) is 7.85. The van der Waals surface area contributed by atoms with Crippen LogP contribution in [0.4, 0.5) is 0 Å². The van der Waals surface area contributed by atoms with E-state index in [-0.39, 0.29) is 6.61 Å². The molecule has 3 rings (SSSR count). The van der Waals surface area contributed by atoms with Crippen LogP contribution < -0.4 is 0 Å². The van der Waals surface area contributed by atoms with Crippen LogP contribution >= 0.6 is 0 Å². The summed E-state index contributed by atoms with van der Waals surface area (Å²) < 4.78 is 11.9. The van der Waals surface area contributed by atoms with E-state index in [1.165, 1.54) is 0 Å². The highest BCUT2D eigenvalue weighted by atomic mass is 16.5. The summed E-state index contributed by atoms with van der Waals surface area (Å²) in [6.07, 6.45) is 3.53. The second-order valence-corrected chi connectivity index (χ2v) is 4.51. The highest BCUT2D eigenvalue weighted by molar-refractivity contribution is 5.89. The molecule has 0 N–H and O–H groups in total. The standard InChI is InChI=1S/C15H13N3O3/c1-11-9-14(21-17-11)10-20-15(19)12-3-5-13(6-4-12)18-8-2-7-16-18/h2-9H,10H2,1H3. The summed E-state index contributed by atoms with van der Waals surface area (Å²) in [7, 11) is 0. The molecule has 0 aliphatic heterocycles. The summed E-state index contributed by atoms with van der Waals surface area (Å²) >= 11 is 0. The monoisotopic (exact) mass is 283 g/mol. The first kappa shape index (κ1) is 13.1. The smallest absolute Gasteiger partial charge is 0.338 e. The topological polar surface area (TPSA) is 70.2 Å². The van der Waals surface area contributed by atoms with Crippen molar-refractivity contribution in [3.8, 4) is 5.69 Å². The van der Waals surface area contributed by atoms with Crippen LogP contribution in [0.15, 0.2) is 53.3 Å². The van der Waals surface area contributed by atoms with Crippen LogP contribution in [0.2, 0.25) is 0 Å². The first-order chi connectivity index (χ1) is 10.2. The largest absolute Gasteiger partial charge is 0.454 e. The van der Waals surface area contributed by atoms with E-state index in [1.54, 1.807) is 29.1 Å². The second-order valence-electron chi connectivity index (χ2n) is 4.51. The number of benzene rings is 1. The highest BCUT2D eigenvalue weighted by Gasteiger charge is 2.09. The molecule has 6 nitrogen and oxygen atoms in total. The number of carbonyl (C=O) groups excluding carboxylic acids is 1. The number of hydrogen-bond donors (Lipinski definition) is 0. The van der Waals surface area contributed by atoms with Gasteiger partial charge < -0.3 is 9.26 Å². The highest BCUT2D eigenvalue weighted by Crippen LogP contribution is 2.11. The summed E-state index contributed by atoms with van der Waals surface area (Å²) in [5.41, 5.74) is 2.11. The summed E-state index contributed by atoms with van der Waals surface area (Å²) in [6, 6.07) is 10.6. The van der Waals surface area contributed by atoms with Gasteiger partial charge in [-0.2, -0.15) is 5.10 Å². The zero-order chi connectivity index (χ0) is 14.7. The van der Waals surface area contributed by atoms with Crippen LogP contribution in [0.25, 0.3) is 5.69 Å².